The van der Waals surface area contributed by atoms with E-state index in [1.807, 2.05) is 14.0 Å². The Kier molecular flexibility index (Phi) is 3.71. The quantitative estimate of drug-likeness (QED) is 0.928. The number of hydrogen-bond acceptors (Lipinski definition) is 4. The van der Waals surface area contributed by atoms with Crippen LogP contribution in [0.25, 0.3) is 0 Å². The van der Waals surface area contributed by atoms with Crippen LogP contribution in [0, 0.1) is 6.92 Å². The van der Waals surface area contributed by atoms with Crippen LogP contribution in [0.4, 0.5) is 0 Å². The van der Waals surface area contributed by atoms with Crippen LogP contribution in [0.5, 0.6) is 5.75 Å². The van der Waals surface area contributed by atoms with Crippen LogP contribution in [0.1, 0.15) is 22.0 Å². The van der Waals surface area contributed by atoms with E-state index in [2.05, 4.69) is 10.2 Å². The Morgan fingerprint density at radius 3 is 2.74 bits per heavy atom. The van der Waals surface area contributed by atoms with Crippen molar-refractivity contribution in [1.82, 2.24) is 14.8 Å². The molecule has 100 valence electrons. The van der Waals surface area contributed by atoms with E-state index in [-0.39, 0.29) is 17.2 Å². The van der Waals surface area contributed by atoms with Crippen molar-refractivity contribution in [3.8, 4) is 5.75 Å². The number of ether oxygens (including phenoxy) is 1. The van der Waals surface area contributed by atoms with Gasteiger partial charge in [-0.3, -0.25) is 0 Å². The largest absolute Gasteiger partial charge is 0.484 e. The van der Waals surface area contributed by atoms with Gasteiger partial charge in [0.25, 0.3) is 0 Å². The van der Waals surface area contributed by atoms with E-state index in [1.165, 1.54) is 18.2 Å². The highest BCUT2D eigenvalue weighted by Crippen LogP contribution is 2.26. The molecule has 0 saturated heterocycles. The Labute approximate surface area is 114 Å². The number of nitrogens with zero attached hydrogens (tertiary/aromatic N) is 3. The first-order chi connectivity index (χ1) is 8.99. The molecule has 0 aliphatic carbocycles. The Hall–Kier alpha value is -2.08. The van der Waals surface area contributed by atoms with Crippen LogP contribution >= 0.6 is 11.6 Å². The normalized spacial score (nSPS) is 10.5. The third-order valence-corrected chi connectivity index (χ3v) is 3.01. The highest BCUT2D eigenvalue weighted by molar-refractivity contribution is 6.32. The number of halogens is 1. The maximum atomic E-state index is 10.8. The molecule has 0 radical (unpaired) electrons. The number of rotatable bonds is 4. The van der Waals surface area contributed by atoms with Gasteiger partial charge in [-0.25, -0.2) is 4.79 Å². The molecular formula is C12H12ClN3O3. The smallest absolute Gasteiger partial charge is 0.335 e. The SMILES string of the molecule is Cc1nnc(COc2ccc(C(=O)O)cc2Cl)n1C. The maximum absolute atomic E-state index is 10.8. The fourth-order valence-electron chi connectivity index (χ4n) is 1.47. The summed E-state index contributed by atoms with van der Waals surface area (Å²) in [6.07, 6.45) is 0. The number of aromatic nitrogens is 3. The molecule has 6 nitrogen and oxygen atoms in total. The summed E-state index contributed by atoms with van der Waals surface area (Å²) in [5.74, 6) is 0.825. The van der Waals surface area contributed by atoms with Crippen molar-refractivity contribution in [2.45, 2.75) is 13.5 Å². The van der Waals surface area contributed by atoms with E-state index in [1.54, 1.807) is 4.57 Å². The third-order valence-electron chi connectivity index (χ3n) is 2.72. The minimum absolute atomic E-state index is 0.117. The van der Waals surface area contributed by atoms with Gasteiger partial charge in [-0.1, -0.05) is 11.6 Å². The average molecular weight is 282 g/mol. The lowest BCUT2D eigenvalue weighted by atomic mass is 10.2. The Morgan fingerprint density at radius 2 is 2.21 bits per heavy atom. The van der Waals surface area contributed by atoms with Crippen molar-refractivity contribution < 1.29 is 14.6 Å². The van der Waals surface area contributed by atoms with Gasteiger partial charge in [0.05, 0.1) is 10.6 Å². The van der Waals surface area contributed by atoms with Crippen LogP contribution < -0.4 is 4.74 Å². The van der Waals surface area contributed by atoms with E-state index in [4.69, 9.17) is 21.4 Å². The average Bonchev–Trinajstić information content (AvgIpc) is 2.68. The molecule has 19 heavy (non-hydrogen) atoms. The summed E-state index contributed by atoms with van der Waals surface area (Å²) in [7, 11) is 1.84. The van der Waals surface area contributed by atoms with Crippen molar-refractivity contribution >= 4 is 17.6 Å². The lowest BCUT2D eigenvalue weighted by Crippen LogP contribution is -2.05. The van der Waals surface area contributed by atoms with Gasteiger partial charge in [-0.2, -0.15) is 0 Å². The van der Waals surface area contributed by atoms with Crippen LogP contribution in [-0.4, -0.2) is 25.8 Å². The van der Waals surface area contributed by atoms with E-state index >= 15 is 0 Å². The summed E-state index contributed by atoms with van der Waals surface area (Å²) < 4.78 is 7.31. The minimum atomic E-state index is -1.03. The first kappa shape index (κ1) is 13.4. The predicted molar refractivity (Wildman–Crippen MR) is 68.5 cm³/mol. The predicted octanol–water partition coefficient (Wildman–Crippen LogP) is 2.05. The first-order valence-corrected chi connectivity index (χ1v) is 5.87. The highest BCUT2D eigenvalue weighted by Gasteiger charge is 2.10. The van der Waals surface area contributed by atoms with E-state index in [0.29, 0.717) is 11.6 Å². The molecule has 0 spiro atoms. The van der Waals surface area contributed by atoms with Gasteiger partial charge in [-0.15, -0.1) is 10.2 Å². The number of aromatic carboxylic acids is 1. The number of hydrogen-bond donors (Lipinski definition) is 1. The summed E-state index contributed by atoms with van der Waals surface area (Å²) in [6, 6.07) is 4.31. The molecule has 2 aromatic rings. The molecule has 1 heterocycles. The zero-order chi connectivity index (χ0) is 14.0. The molecule has 7 heteroatoms. The van der Waals surface area contributed by atoms with Crippen LogP contribution in [0.2, 0.25) is 5.02 Å². The van der Waals surface area contributed by atoms with E-state index in [9.17, 15) is 4.79 Å². The third kappa shape index (κ3) is 2.85. The van der Waals surface area contributed by atoms with Gasteiger partial charge in [-0.05, 0) is 25.1 Å². The Balaban J connectivity index is 2.12. The van der Waals surface area contributed by atoms with Gasteiger partial charge in [0.15, 0.2) is 5.82 Å². The minimum Gasteiger partial charge on any atom is -0.484 e. The summed E-state index contributed by atoms with van der Waals surface area (Å²) >= 11 is 5.95. The standard InChI is InChI=1S/C12H12ClN3O3/c1-7-14-15-11(16(7)2)6-19-10-4-3-8(12(17)18)5-9(10)13/h3-5H,6H2,1-2H3,(H,17,18). The number of carboxylic acids is 1. The number of carbonyl (C=O) groups is 1. The molecule has 0 fully saturated rings. The molecule has 1 N–H and O–H groups in total. The second-order valence-corrected chi connectivity index (χ2v) is 4.37. The first-order valence-electron chi connectivity index (χ1n) is 5.49. The molecule has 1 aromatic carbocycles. The molecule has 2 rings (SSSR count). The molecule has 0 atom stereocenters. The highest BCUT2D eigenvalue weighted by atomic mass is 35.5. The molecule has 0 amide bonds. The summed E-state index contributed by atoms with van der Waals surface area (Å²) in [5, 5.41) is 16.9. The van der Waals surface area contributed by atoms with Crippen LogP contribution in [0.15, 0.2) is 18.2 Å². The van der Waals surface area contributed by atoms with Crippen molar-refractivity contribution in [1.29, 1.82) is 0 Å². The lowest BCUT2D eigenvalue weighted by molar-refractivity contribution is 0.0697. The molecule has 0 aliphatic rings. The zero-order valence-electron chi connectivity index (χ0n) is 10.4. The van der Waals surface area contributed by atoms with Crippen LogP contribution in [0.3, 0.4) is 0 Å². The summed E-state index contributed by atoms with van der Waals surface area (Å²) in [5.41, 5.74) is 0.117. The number of benzene rings is 1. The fraction of sp³-hybridized carbons (Fsp3) is 0.250. The Bertz CT molecular complexity index is 625. The van der Waals surface area contributed by atoms with Gasteiger partial charge in [0.2, 0.25) is 0 Å². The van der Waals surface area contributed by atoms with Gasteiger partial charge in [0, 0.05) is 7.05 Å². The van der Waals surface area contributed by atoms with Gasteiger partial charge >= 0.3 is 5.97 Å². The molecule has 0 saturated carbocycles. The van der Waals surface area contributed by atoms with Crippen molar-refractivity contribution in [2.24, 2.45) is 7.05 Å². The molecule has 0 aliphatic heterocycles. The van der Waals surface area contributed by atoms with E-state index in [0.717, 1.165) is 5.82 Å². The van der Waals surface area contributed by atoms with Crippen molar-refractivity contribution in [2.75, 3.05) is 0 Å². The summed E-state index contributed by atoms with van der Waals surface area (Å²) in [6.45, 7) is 2.05. The topological polar surface area (TPSA) is 77.2 Å². The second kappa shape index (κ2) is 5.27. The summed E-state index contributed by atoms with van der Waals surface area (Å²) in [4.78, 5) is 10.8. The van der Waals surface area contributed by atoms with Crippen LogP contribution in [-0.2, 0) is 13.7 Å². The van der Waals surface area contributed by atoms with E-state index < -0.39 is 5.97 Å². The lowest BCUT2D eigenvalue weighted by Gasteiger charge is -2.08. The van der Waals surface area contributed by atoms with Crippen molar-refractivity contribution in [3.05, 3.63) is 40.4 Å². The van der Waals surface area contributed by atoms with Crippen molar-refractivity contribution in [3.63, 3.8) is 0 Å². The molecule has 1 aromatic heterocycles. The molecule has 0 unspecified atom stereocenters. The number of aryl methyl sites for hydroxylation is 1. The zero-order valence-corrected chi connectivity index (χ0v) is 11.2. The molecule has 0 bridgehead atoms. The van der Waals surface area contributed by atoms with Gasteiger partial charge < -0.3 is 14.4 Å². The monoisotopic (exact) mass is 281 g/mol. The van der Waals surface area contributed by atoms with Gasteiger partial charge in [0.1, 0.15) is 18.2 Å². The maximum Gasteiger partial charge on any atom is 0.335 e. The number of carboxylic acid groups (broad SMARTS) is 1. The molecular weight excluding hydrogens is 270 g/mol. The Morgan fingerprint density at radius 1 is 1.47 bits per heavy atom. The second-order valence-electron chi connectivity index (χ2n) is 3.96. The fourth-order valence-corrected chi connectivity index (χ4v) is 1.71.